The molecule has 5 nitrogen and oxygen atoms in total. The fourth-order valence-electron chi connectivity index (χ4n) is 2.16. The summed E-state index contributed by atoms with van der Waals surface area (Å²) in [6.45, 7) is 0.180. The minimum atomic E-state index is -0.247. The van der Waals surface area contributed by atoms with Gasteiger partial charge in [-0.25, -0.2) is 4.98 Å². The third-order valence-corrected chi connectivity index (χ3v) is 4.39. The van der Waals surface area contributed by atoms with Crippen LogP contribution in [0.5, 0.6) is 11.5 Å². The zero-order chi connectivity index (χ0) is 15.1. The van der Waals surface area contributed by atoms with E-state index in [4.69, 9.17) is 21.1 Å². The minimum Gasteiger partial charge on any atom is -0.454 e. The Balaban J connectivity index is 1.60. The highest BCUT2D eigenvalue weighted by Crippen LogP contribution is 2.33. The molecule has 2 heterocycles. The number of anilines is 1. The van der Waals surface area contributed by atoms with Crippen molar-refractivity contribution in [2.24, 2.45) is 0 Å². The number of hydrogen-bond acceptors (Lipinski definition) is 5. The first kappa shape index (κ1) is 13.4. The van der Waals surface area contributed by atoms with Gasteiger partial charge in [-0.15, -0.1) is 0 Å². The van der Waals surface area contributed by atoms with Crippen molar-refractivity contribution >= 4 is 44.2 Å². The fraction of sp³-hybridized carbons (Fsp3) is 0.0667. The van der Waals surface area contributed by atoms with E-state index in [-0.39, 0.29) is 12.7 Å². The molecule has 4 rings (SSSR count). The third kappa shape index (κ3) is 2.36. The molecule has 110 valence electrons. The number of benzene rings is 2. The second-order valence-corrected chi connectivity index (χ2v) is 6.12. The monoisotopic (exact) mass is 332 g/mol. The topological polar surface area (TPSA) is 60.5 Å². The molecular formula is C15H9ClN2O3S. The van der Waals surface area contributed by atoms with Gasteiger partial charge < -0.3 is 9.47 Å². The number of nitrogens with zero attached hydrogens (tertiary/aromatic N) is 1. The highest BCUT2D eigenvalue weighted by molar-refractivity contribution is 7.22. The van der Waals surface area contributed by atoms with Crippen LogP contribution in [0.3, 0.4) is 0 Å². The second-order valence-electron chi connectivity index (χ2n) is 4.65. The van der Waals surface area contributed by atoms with Gasteiger partial charge in [0.25, 0.3) is 5.91 Å². The molecule has 22 heavy (non-hydrogen) atoms. The van der Waals surface area contributed by atoms with Crippen molar-refractivity contribution in [1.29, 1.82) is 0 Å². The van der Waals surface area contributed by atoms with Gasteiger partial charge in [0, 0.05) is 10.6 Å². The number of rotatable bonds is 2. The van der Waals surface area contributed by atoms with E-state index in [0.29, 0.717) is 27.2 Å². The molecule has 7 heteroatoms. The van der Waals surface area contributed by atoms with E-state index in [1.165, 1.54) is 11.3 Å². The summed E-state index contributed by atoms with van der Waals surface area (Å²) >= 11 is 7.33. The molecule has 0 atom stereocenters. The smallest absolute Gasteiger partial charge is 0.257 e. The predicted octanol–water partition coefficient (Wildman–Crippen LogP) is 3.93. The van der Waals surface area contributed by atoms with E-state index in [2.05, 4.69) is 10.3 Å². The summed E-state index contributed by atoms with van der Waals surface area (Å²) in [6, 6.07) is 10.5. The van der Waals surface area contributed by atoms with Crippen LogP contribution in [0.4, 0.5) is 5.13 Å². The lowest BCUT2D eigenvalue weighted by atomic mass is 10.2. The van der Waals surface area contributed by atoms with Gasteiger partial charge >= 0.3 is 0 Å². The number of fused-ring (bicyclic) bond motifs is 2. The van der Waals surface area contributed by atoms with Gasteiger partial charge in [0.1, 0.15) is 0 Å². The van der Waals surface area contributed by atoms with Crippen molar-refractivity contribution in [2.75, 3.05) is 12.1 Å². The molecule has 1 aliphatic rings. The summed E-state index contributed by atoms with van der Waals surface area (Å²) in [5.74, 6) is 0.971. The maximum Gasteiger partial charge on any atom is 0.257 e. The highest BCUT2D eigenvalue weighted by Gasteiger charge is 2.17. The van der Waals surface area contributed by atoms with E-state index in [9.17, 15) is 4.79 Å². The third-order valence-electron chi connectivity index (χ3n) is 3.20. The summed E-state index contributed by atoms with van der Waals surface area (Å²) < 4.78 is 11.5. The zero-order valence-corrected chi connectivity index (χ0v) is 12.7. The van der Waals surface area contributed by atoms with Crippen molar-refractivity contribution < 1.29 is 14.3 Å². The SMILES string of the molecule is O=C(Nc1nc2cc(Cl)ccc2s1)c1ccc2c(c1)OCO2. The molecule has 0 aliphatic carbocycles. The maximum atomic E-state index is 12.3. The Hall–Kier alpha value is -2.31. The first-order chi connectivity index (χ1) is 10.7. The van der Waals surface area contributed by atoms with Gasteiger partial charge in [-0.3, -0.25) is 10.1 Å². The molecule has 0 radical (unpaired) electrons. The Bertz CT molecular complexity index is 894. The van der Waals surface area contributed by atoms with Crippen LogP contribution in [0.15, 0.2) is 36.4 Å². The lowest BCUT2D eigenvalue weighted by molar-refractivity contribution is 0.102. The van der Waals surface area contributed by atoms with Crippen molar-refractivity contribution in [1.82, 2.24) is 4.98 Å². The number of carbonyl (C=O) groups excluding carboxylic acids is 1. The van der Waals surface area contributed by atoms with Crippen molar-refractivity contribution in [3.05, 3.63) is 47.0 Å². The van der Waals surface area contributed by atoms with Crippen molar-refractivity contribution in [3.8, 4) is 11.5 Å². The molecule has 0 saturated heterocycles. The average Bonchev–Trinajstić information content (AvgIpc) is 3.11. The molecule has 0 bridgehead atoms. The second kappa shape index (κ2) is 5.15. The molecule has 3 aromatic rings. The minimum absolute atomic E-state index is 0.180. The molecule has 0 fully saturated rings. The number of thiazole rings is 1. The van der Waals surface area contributed by atoms with E-state index in [1.807, 2.05) is 6.07 Å². The highest BCUT2D eigenvalue weighted by atomic mass is 35.5. The van der Waals surface area contributed by atoms with Crippen LogP contribution in [-0.2, 0) is 0 Å². The zero-order valence-electron chi connectivity index (χ0n) is 11.1. The average molecular weight is 333 g/mol. The summed E-state index contributed by atoms with van der Waals surface area (Å²) in [5.41, 5.74) is 1.25. The van der Waals surface area contributed by atoms with Crippen LogP contribution in [0, 0.1) is 0 Å². The molecule has 1 aliphatic heterocycles. The molecule has 0 saturated carbocycles. The molecule has 1 amide bonds. The van der Waals surface area contributed by atoms with E-state index < -0.39 is 0 Å². The largest absolute Gasteiger partial charge is 0.454 e. The van der Waals surface area contributed by atoms with Gasteiger partial charge in [0.05, 0.1) is 10.2 Å². The number of aromatic nitrogens is 1. The number of nitrogens with one attached hydrogen (secondary N) is 1. The molecule has 2 aromatic carbocycles. The standard InChI is InChI=1S/C15H9ClN2O3S/c16-9-2-4-13-10(6-9)17-15(22-13)18-14(19)8-1-3-11-12(5-8)21-7-20-11/h1-6H,7H2,(H,17,18,19). The van der Waals surface area contributed by atoms with Crippen LogP contribution in [-0.4, -0.2) is 17.7 Å². The summed E-state index contributed by atoms with van der Waals surface area (Å²) in [5, 5.41) is 3.93. The van der Waals surface area contributed by atoms with Crippen molar-refractivity contribution in [2.45, 2.75) is 0 Å². The van der Waals surface area contributed by atoms with Gasteiger partial charge in [0.15, 0.2) is 16.6 Å². The van der Waals surface area contributed by atoms with Gasteiger partial charge in [-0.2, -0.15) is 0 Å². The lowest BCUT2D eigenvalue weighted by Gasteiger charge is -2.02. The molecule has 0 spiro atoms. The molecular weight excluding hydrogens is 324 g/mol. The molecule has 0 unspecified atom stereocenters. The normalized spacial score (nSPS) is 12.6. The Morgan fingerprint density at radius 3 is 2.95 bits per heavy atom. The van der Waals surface area contributed by atoms with Crippen LogP contribution >= 0.6 is 22.9 Å². The Kier molecular flexibility index (Phi) is 3.13. The number of hydrogen-bond donors (Lipinski definition) is 1. The predicted molar refractivity (Wildman–Crippen MR) is 85.1 cm³/mol. The molecule has 1 aromatic heterocycles. The first-order valence-electron chi connectivity index (χ1n) is 6.46. The Morgan fingerprint density at radius 2 is 2.05 bits per heavy atom. The molecule has 1 N–H and O–H groups in total. The summed E-state index contributed by atoms with van der Waals surface area (Å²) in [6.07, 6.45) is 0. The quantitative estimate of drug-likeness (QED) is 0.772. The summed E-state index contributed by atoms with van der Waals surface area (Å²) in [4.78, 5) is 16.6. The van der Waals surface area contributed by atoms with Crippen molar-refractivity contribution in [3.63, 3.8) is 0 Å². The van der Waals surface area contributed by atoms with Gasteiger partial charge in [-0.05, 0) is 36.4 Å². The Morgan fingerprint density at radius 1 is 1.18 bits per heavy atom. The van der Waals surface area contributed by atoms with Crippen LogP contribution < -0.4 is 14.8 Å². The van der Waals surface area contributed by atoms with Gasteiger partial charge in [-0.1, -0.05) is 22.9 Å². The number of amides is 1. The van der Waals surface area contributed by atoms with E-state index in [1.54, 1.807) is 30.3 Å². The summed E-state index contributed by atoms with van der Waals surface area (Å²) in [7, 11) is 0. The number of halogens is 1. The number of ether oxygens (including phenoxy) is 2. The number of carbonyl (C=O) groups is 1. The van der Waals surface area contributed by atoms with Crippen LogP contribution in [0.25, 0.3) is 10.2 Å². The Labute approximate surface area is 134 Å². The first-order valence-corrected chi connectivity index (χ1v) is 7.65. The fourth-order valence-corrected chi connectivity index (χ4v) is 3.17. The van der Waals surface area contributed by atoms with E-state index >= 15 is 0 Å². The van der Waals surface area contributed by atoms with Gasteiger partial charge in [0.2, 0.25) is 6.79 Å². The maximum absolute atomic E-state index is 12.3. The van der Waals surface area contributed by atoms with Crippen LogP contribution in [0.2, 0.25) is 5.02 Å². The lowest BCUT2D eigenvalue weighted by Crippen LogP contribution is -2.11. The van der Waals surface area contributed by atoms with E-state index in [0.717, 1.165) is 10.2 Å². The van der Waals surface area contributed by atoms with Crippen LogP contribution in [0.1, 0.15) is 10.4 Å².